The highest BCUT2D eigenvalue weighted by molar-refractivity contribution is 5.93. The molecule has 0 saturated heterocycles. The molecule has 8 heteroatoms. The molecule has 0 aliphatic rings. The van der Waals surface area contributed by atoms with Crippen LogP contribution in [0.25, 0.3) is 22.2 Å². The molecule has 4 aromatic rings. The van der Waals surface area contributed by atoms with Gasteiger partial charge in [0.2, 0.25) is 5.91 Å². The quantitative estimate of drug-likeness (QED) is 0.327. The maximum Gasteiger partial charge on any atom is 0.273 e. The summed E-state index contributed by atoms with van der Waals surface area (Å²) in [5.74, 6) is -0.127. The van der Waals surface area contributed by atoms with Gasteiger partial charge < -0.3 is 25.9 Å². The zero-order valence-corrected chi connectivity index (χ0v) is 16.8. The topological polar surface area (TPSA) is 126 Å². The van der Waals surface area contributed by atoms with Gasteiger partial charge in [-0.3, -0.25) is 9.59 Å². The zero-order valence-electron chi connectivity index (χ0n) is 16.8. The average molecular weight is 417 g/mol. The van der Waals surface area contributed by atoms with Gasteiger partial charge in [0, 0.05) is 41.8 Å². The molecule has 0 fully saturated rings. The molecule has 1 atom stereocenters. The zero-order chi connectivity index (χ0) is 21.6. The van der Waals surface area contributed by atoms with E-state index in [9.17, 15) is 9.59 Å². The lowest BCUT2D eigenvalue weighted by atomic mass is 10.1. The molecule has 31 heavy (non-hydrogen) atoms. The predicted octanol–water partition coefficient (Wildman–Crippen LogP) is 2.24. The summed E-state index contributed by atoms with van der Waals surface area (Å²) in [6.07, 6.45) is 2.29. The number of aromatic nitrogens is 2. The van der Waals surface area contributed by atoms with Gasteiger partial charge in [0.15, 0.2) is 11.5 Å². The smallest absolute Gasteiger partial charge is 0.273 e. The molecule has 158 valence electrons. The molecule has 2 aromatic heterocycles. The monoisotopic (exact) mass is 417 g/mol. The Balaban J connectivity index is 1.22. The van der Waals surface area contributed by atoms with Crippen molar-refractivity contribution >= 4 is 22.7 Å². The minimum absolute atomic E-state index is 0.182. The first kappa shape index (κ1) is 20.4. The maximum atomic E-state index is 12.3. The third-order valence-corrected chi connectivity index (χ3v) is 4.96. The molecule has 4 rings (SSSR count). The Morgan fingerprint density at radius 1 is 1.03 bits per heavy atom. The molecule has 0 aliphatic carbocycles. The number of rotatable bonds is 8. The largest absolute Gasteiger partial charge is 0.361 e. The molecule has 2 aromatic carbocycles. The number of hydrogen-bond donors (Lipinski definition) is 4. The number of hydrogen-bond acceptors (Lipinski definition) is 5. The molecule has 0 aliphatic heterocycles. The Morgan fingerprint density at radius 2 is 1.77 bits per heavy atom. The van der Waals surface area contributed by atoms with Crippen molar-refractivity contribution in [1.29, 1.82) is 0 Å². The fraction of sp³-hybridized carbons (Fsp3) is 0.174. The Hall–Kier alpha value is -3.91. The second kappa shape index (κ2) is 9.27. The minimum atomic E-state index is -0.682. The highest BCUT2D eigenvalue weighted by Crippen LogP contribution is 2.20. The Morgan fingerprint density at radius 3 is 2.61 bits per heavy atom. The van der Waals surface area contributed by atoms with Gasteiger partial charge in [0.25, 0.3) is 5.91 Å². The molecule has 0 radical (unpaired) electrons. The van der Waals surface area contributed by atoms with Crippen LogP contribution in [0.1, 0.15) is 16.1 Å². The van der Waals surface area contributed by atoms with E-state index in [2.05, 4.69) is 20.8 Å². The number of benzene rings is 2. The standard InChI is InChI=1S/C23H23N5O3/c24-18(12-16-14-27-19-9-5-4-8-17(16)19)22(29)25-10-11-26-23(30)20-13-21(31-28-20)15-6-2-1-3-7-15/h1-9,13-14,18,27H,10-12,24H2,(H,25,29)(H,26,30)/t18-/m0/s1. The summed E-state index contributed by atoms with van der Waals surface area (Å²) >= 11 is 0. The minimum Gasteiger partial charge on any atom is -0.361 e. The van der Waals surface area contributed by atoms with Crippen molar-refractivity contribution in [3.8, 4) is 11.3 Å². The van der Waals surface area contributed by atoms with Crippen molar-refractivity contribution < 1.29 is 14.1 Å². The normalized spacial score (nSPS) is 11.9. The van der Waals surface area contributed by atoms with Gasteiger partial charge in [0.05, 0.1) is 6.04 Å². The van der Waals surface area contributed by atoms with Crippen LogP contribution in [0.2, 0.25) is 0 Å². The van der Waals surface area contributed by atoms with E-state index in [1.165, 1.54) is 0 Å². The van der Waals surface area contributed by atoms with E-state index < -0.39 is 6.04 Å². The number of para-hydroxylation sites is 1. The number of fused-ring (bicyclic) bond motifs is 1. The van der Waals surface area contributed by atoms with E-state index in [1.54, 1.807) is 6.07 Å². The van der Waals surface area contributed by atoms with E-state index in [4.69, 9.17) is 10.3 Å². The van der Waals surface area contributed by atoms with Crippen LogP contribution in [-0.4, -0.2) is 41.1 Å². The number of carbonyl (C=O) groups is 2. The molecular formula is C23H23N5O3. The summed E-state index contributed by atoms with van der Waals surface area (Å²) < 4.78 is 5.23. The van der Waals surface area contributed by atoms with Gasteiger partial charge in [-0.2, -0.15) is 0 Å². The number of carbonyl (C=O) groups excluding carboxylic acids is 2. The van der Waals surface area contributed by atoms with Crippen LogP contribution >= 0.6 is 0 Å². The Kier molecular flexibility index (Phi) is 6.09. The number of amides is 2. The SMILES string of the molecule is N[C@@H](Cc1c[nH]c2ccccc12)C(=O)NCCNC(=O)c1cc(-c2ccccc2)on1. The van der Waals surface area contributed by atoms with Crippen LogP contribution in [0.5, 0.6) is 0 Å². The van der Waals surface area contributed by atoms with Crippen molar-refractivity contribution in [3.63, 3.8) is 0 Å². The Labute approximate surface area is 178 Å². The average Bonchev–Trinajstić information content (AvgIpc) is 3.45. The maximum absolute atomic E-state index is 12.3. The highest BCUT2D eigenvalue weighted by Gasteiger charge is 2.17. The molecule has 0 saturated carbocycles. The van der Waals surface area contributed by atoms with Gasteiger partial charge in [-0.15, -0.1) is 0 Å². The summed E-state index contributed by atoms with van der Waals surface area (Å²) in [4.78, 5) is 27.7. The number of nitrogens with zero attached hydrogens (tertiary/aromatic N) is 1. The molecule has 0 spiro atoms. The van der Waals surface area contributed by atoms with Crippen LogP contribution in [0, 0.1) is 0 Å². The van der Waals surface area contributed by atoms with Crippen LogP contribution in [0.4, 0.5) is 0 Å². The number of nitrogens with one attached hydrogen (secondary N) is 3. The summed E-state index contributed by atoms with van der Waals surface area (Å²) in [5, 5.41) is 10.3. The lowest BCUT2D eigenvalue weighted by Gasteiger charge is -2.12. The molecule has 5 N–H and O–H groups in total. The first-order valence-corrected chi connectivity index (χ1v) is 10.0. The highest BCUT2D eigenvalue weighted by atomic mass is 16.5. The van der Waals surface area contributed by atoms with E-state index in [0.717, 1.165) is 22.0 Å². The van der Waals surface area contributed by atoms with Gasteiger partial charge in [-0.05, 0) is 18.1 Å². The molecule has 8 nitrogen and oxygen atoms in total. The summed E-state index contributed by atoms with van der Waals surface area (Å²) in [7, 11) is 0. The van der Waals surface area contributed by atoms with Gasteiger partial charge in [0.1, 0.15) is 0 Å². The van der Waals surface area contributed by atoms with Crippen LogP contribution < -0.4 is 16.4 Å². The van der Waals surface area contributed by atoms with E-state index in [1.807, 2.05) is 60.8 Å². The van der Waals surface area contributed by atoms with E-state index >= 15 is 0 Å². The fourth-order valence-electron chi connectivity index (χ4n) is 3.33. The van der Waals surface area contributed by atoms with Gasteiger partial charge in [-0.1, -0.05) is 53.7 Å². The summed E-state index contributed by atoms with van der Waals surface area (Å²) in [6, 6.07) is 18.2. The lowest BCUT2D eigenvalue weighted by Crippen LogP contribution is -2.44. The second-order valence-corrected chi connectivity index (χ2v) is 7.16. The second-order valence-electron chi connectivity index (χ2n) is 7.16. The van der Waals surface area contributed by atoms with Gasteiger partial charge >= 0.3 is 0 Å². The van der Waals surface area contributed by atoms with Crippen LogP contribution in [0.15, 0.2) is 71.4 Å². The van der Waals surface area contributed by atoms with Crippen LogP contribution in [-0.2, 0) is 11.2 Å². The molecule has 0 bridgehead atoms. The molecule has 2 heterocycles. The summed E-state index contributed by atoms with van der Waals surface area (Å²) in [6.45, 7) is 0.507. The van der Waals surface area contributed by atoms with Crippen molar-refractivity contribution in [2.24, 2.45) is 5.73 Å². The molecule has 2 amide bonds. The first-order chi connectivity index (χ1) is 15.1. The number of H-pyrrole nitrogens is 1. The lowest BCUT2D eigenvalue weighted by molar-refractivity contribution is -0.122. The third-order valence-electron chi connectivity index (χ3n) is 4.96. The first-order valence-electron chi connectivity index (χ1n) is 10.0. The number of nitrogens with two attached hydrogens (primary N) is 1. The summed E-state index contributed by atoms with van der Waals surface area (Å²) in [5.41, 5.74) is 9.08. The van der Waals surface area contributed by atoms with Crippen LogP contribution in [0.3, 0.4) is 0 Å². The Bertz CT molecular complexity index is 1180. The number of aromatic amines is 1. The third kappa shape index (κ3) is 4.81. The van der Waals surface area contributed by atoms with E-state index in [-0.39, 0.29) is 30.6 Å². The molecule has 0 unspecified atom stereocenters. The van der Waals surface area contributed by atoms with Crippen molar-refractivity contribution in [3.05, 3.63) is 78.1 Å². The van der Waals surface area contributed by atoms with Gasteiger partial charge in [-0.25, -0.2) is 0 Å². The molecular weight excluding hydrogens is 394 g/mol. The van der Waals surface area contributed by atoms with Crippen molar-refractivity contribution in [2.75, 3.05) is 13.1 Å². The van der Waals surface area contributed by atoms with Crippen molar-refractivity contribution in [1.82, 2.24) is 20.8 Å². The predicted molar refractivity (Wildman–Crippen MR) is 117 cm³/mol. The van der Waals surface area contributed by atoms with Crippen molar-refractivity contribution in [2.45, 2.75) is 12.5 Å². The fourth-order valence-corrected chi connectivity index (χ4v) is 3.33. The van der Waals surface area contributed by atoms with E-state index in [0.29, 0.717) is 12.2 Å².